The summed E-state index contributed by atoms with van der Waals surface area (Å²) in [6.07, 6.45) is 7.47. The molecule has 1 heterocycles. The van der Waals surface area contributed by atoms with Gasteiger partial charge in [0, 0.05) is 25.4 Å². The van der Waals surface area contributed by atoms with Crippen molar-refractivity contribution in [1.82, 2.24) is 15.3 Å². The van der Waals surface area contributed by atoms with Gasteiger partial charge in [-0.25, -0.2) is 0 Å². The molecule has 0 saturated heterocycles. The molecule has 0 atom stereocenters. The van der Waals surface area contributed by atoms with Gasteiger partial charge in [-0.1, -0.05) is 26.7 Å². The molecule has 0 spiro atoms. The van der Waals surface area contributed by atoms with Crippen LogP contribution in [0.5, 0.6) is 0 Å². The molecule has 0 amide bonds. The van der Waals surface area contributed by atoms with Crippen LogP contribution < -0.4 is 5.48 Å². The van der Waals surface area contributed by atoms with Crippen molar-refractivity contribution >= 4 is 0 Å². The van der Waals surface area contributed by atoms with Crippen molar-refractivity contribution in [2.45, 2.75) is 58.1 Å². The van der Waals surface area contributed by atoms with Gasteiger partial charge in [-0.15, -0.1) is 0 Å². The quantitative estimate of drug-likeness (QED) is 0.800. The molecule has 4 heteroatoms. The lowest BCUT2D eigenvalue weighted by atomic mass is 10.1. The first-order chi connectivity index (χ1) is 8.16. The number of aromatic nitrogens is 2. The lowest BCUT2D eigenvalue weighted by Gasteiger charge is -2.12. The Balaban J connectivity index is 1.85. The van der Waals surface area contributed by atoms with Gasteiger partial charge in [-0.3, -0.25) is 9.52 Å². The van der Waals surface area contributed by atoms with Crippen LogP contribution in [0.15, 0.2) is 6.20 Å². The largest absolute Gasteiger partial charge is 0.298 e. The maximum Gasteiger partial charge on any atom is 0.0790 e. The Morgan fingerprint density at radius 2 is 2.18 bits per heavy atom. The average molecular weight is 237 g/mol. The van der Waals surface area contributed by atoms with Crippen molar-refractivity contribution < 1.29 is 4.84 Å². The van der Waals surface area contributed by atoms with Crippen molar-refractivity contribution in [3.8, 4) is 0 Å². The molecule has 96 valence electrons. The Kier molecular flexibility index (Phi) is 4.18. The Bertz CT molecular complexity index is 354. The summed E-state index contributed by atoms with van der Waals surface area (Å²) in [6.45, 7) is 5.09. The second-order valence-corrected chi connectivity index (χ2v) is 5.21. The standard InChI is InChI=1S/C13H23N3O/c1-10(2)13-11(9-16(3)15-13)8-14-17-12-6-4-5-7-12/h9-10,12,14H,4-8H2,1-3H3. The van der Waals surface area contributed by atoms with Gasteiger partial charge in [0.1, 0.15) is 0 Å². The van der Waals surface area contributed by atoms with Gasteiger partial charge in [0.25, 0.3) is 0 Å². The molecule has 2 rings (SSSR count). The molecule has 17 heavy (non-hydrogen) atoms. The van der Waals surface area contributed by atoms with E-state index in [1.165, 1.54) is 31.2 Å². The fourth-order valence-corrected chi connectivity index (χ4v) is 2.42. The van der Waals surface area contributed by atoms with Crippen molar-refractivity contribution in [3.63, 3.8) is 0 Å². The van der Waals surface area contributed by atoms with E-state index in [1.807, 2.05) is 11.7 Å². The molecule has 1 aromatic rings. The van der Waals surface area contributed by atoms with Crippen molar-refractivity contribution in [3.05, 3.63) is 17.5 Å². The lowest BCUT2D eigenvalue weighted by molar-refractivity contribution is -0.0245. The topological polar surface area (TPSA) is 39.1 Å². The molecule has 0 aliphatic heterocycles. The molecule has 1 aromatic heterocycles. The molecule has 1 aliphatic carbocycles. The molecular weight excluding hydrogens is 214 g/mol. The predicted octanol–water partition coefficient (Wildman–Crippen LogP) is 2.51. The summed E-state index contributed by atoms with van der Waals surface area (Å²) in [4.78, 5) is 5.66. The first-order valence-electron chi connectivity index (χ1n) is 6.57. The maximum atomic E-state index is 5.66. The van der Waals surface area contributed by atoms with Crippen LogP contribution in [0.3, 0.4) is 0 Å². The highest BCUT2D eigenvalue weighted by Gasteiger charge is 2.16. The van der Waals surface area contributed by atoms with Crippen molar-refractivity contribution in [1.29, 1.82) is 0 Å². The first kappa shape index (κ1) is 12.6. The third kappa shape index (κ3) is 3.30. The zero-order valence-electron chi connectivity index (χ0n) is 11.1. The van der Waals surface area contributed by atoms with Gasteiger partial charge >= 0.3 is 0 Å². The monoisotopic (exact) mass is 237 g/mol. The molecule has 0 radical (unpaired) electrons. The summed E-state index contributed by atoms with van der Waals surface area (Å²) < 4.78 is 1.88. The van der Waals surface area contributed by atoms with E-state index < -0.39 is 0 Å². The number of hydrogen-bond donors (Lipinski definition) is 1. The number of aryl methyl sites for hydroxylation is 1. The van der Waals surface area contributed by atoms with Gasteiger partial charge in [-0.2, -0.15) is 10.6 Å². The summed E-state index contributed by atoms with van der Waals surface area (Å²) in [5.41, 5.74) is 5.50. The van der Waals surface area contributed by atoms with E-state index in [2.05, 4.69) is 30.6 Å². The minimum absolute atomic E-state index is 0.411. The zero-order valence-corrected chi connectivity index (χ0v) is 11.1. The molecule has 0 unspecified atom stereocenters. The molecule has 0 aromatic carbocycles. The number of nitrogens with one attached hydrogen (secondary N) is 1. The van der Waals surface area contributed by atoms with Crippen LogP contribution >= 0.6 is 0 Å². The highest BCUT2D eigenvalue weighted by molar-refractivity contribution is 5.19. The Morgan fingerprint density at radius 1 is 1.47 bits per heavy atom. The van der Waals surface area contributed by atoms with Crippen LogP contribution in [0.4, 0.5) is 0 Å². The third-order valence-corrected chi connectivity index (χ3v) is 3.30. The van der Waals surface area contributed by atoms with Crippen LogP contribution in [0.1, 0.15) is 56.7 Å². The zero-order chi connectivity index (χ0) is 12.3. The van der Waals surface area contributed by atoms with E-state index in [9.17, 15) is 0 Å². The number of hydrogen-bond acceptors (Lipinski definition) is 3. The van der Waals surface area contributed by atoms with Crippen molar-refractivity contribution in [2.75, 3.05) is 0 Å². The Morgan fingerprint density at radius 3 is 2.82 bits per heavy atom. The highest BCUT2D eigenvalue weighted by Crippen LogP contribution is 2.21. The summed E-state index contributed by atoms with van der Waals surface area (Å²) in [6, 6.07) is 0. The van der Waals surface area contributed by atoms with Crippen LogP contribution in [0, 0.1) is 0 Å². The summed E-state index contributed by atoms with van der Waals surface area (Å²) >= 11 is 0. The Labute approximate surface area is 103 Å². The van der Waals surface area contributed by atoms with Crippen LogP contribution in [0.2, 0.25) is 0 Å². The third-order valence-electron chi connectivity index (χ3n) is 3.30. The van der Waals surface area contributed by atoms with Crippen molar-refractivity contribution in [2.24, 2.45) is 7.05 Å². The van der Waals surface area contributed by atoms with Gasteiger partial charge < -0.3 is 0 Å². The fourth-order valence-electron chi connectivity index (χ4n) is 2.42. The summed E-state index contributed by atoms with van der Waals surface area (Å²) in [7, 11) is 1.97. The minimum Gasteiger partial charge on any atom is -0.298 e. The lowest BCUT2D eigenvalue weighted by Crippen LogP contribution is -2.21. The smallest absolute Gasteiger partial charge is 0.0790 e. The number of hydroxylamine groups is 1. The molecule has 0 bridgehead atoms. The van der Waals surface area contributed by atoms with E-state index in [1.54, 1.807) is 0 Å². The first-order valence-corrected chi connectivity index (χ1v) is 6.57. The molecule has 1 aliphatic rings. The molecule has 1 saturated carbocycles. The highest BCUT2D eigenvalue weighted by atomic mass is 16.7. The van der Waals surface area contributed by atoms with E-state index in [-0.39, 0.29) is 0 Å². The molecule has 1 fully saturated rings. The predicted molar refractivity (Wildman–Crippen MR) is 67.5 cm³/mol. The normalized spacial score (nSPS) is 17.2. The summed E-state index contributed by atoms with van der Waals surface area (Å²) in [5, 5.41) is 4.48. The molecule has 4 nitrogen and oxygen atoms in total. The average Bonchev–Trinajstić information content (AvgIpc) is 2.88. The van der Waals surface area contributed by atoms with E-state index in [4.69, 9.17) is 4.84 Å². The van der Waals surface area contributed by atoms with Gasteiger partial charge in [0.05, 0.1) is 11.8 Å². The second-order valence-electron chi connectivity index (χ2n) is 5.21. The van der Waals surface area contributed by atoms with E-state index in [0.29, 0.717) is 12.0 Å². The number of nitrogens with zero attached hydrogens (tertiary/aromatic N) is 2. The van der Waals surface area contributed by atoms with Crippen LogP contribution in [-0.2, 0) is 18.4 Å². The summed E-state index contributed by atoms with van der Waals surface area (Å²) in [5.74, 6) is 0.458. The SMILES string of the molecule is CC(C)c1nn(C)cc1CNOC1CCCC1. The van der Waals surface area contributed by atoms with E-state index in [0.717, 1.165) is 12.2 Å². The van der Waals surface area contributed by atoms with E-state index >= 15 is 0 Å². The fraction of sp³-hybridized carbons (Fsp3) is 0.769. The molecule has 1 N–H and O–H groups in total. The van der Waals surface area contributed by atoms with Crippen LogP contribution in [0.25, 0.3) is 0 Å². The molecular formula is C13H23N3O. The van der Waals surface area contributed by atoms with Gasteiger partial charge in [0.2, 0.25) is 0 Å². The van der Waals surface area contributed by atoms with Gasteiger partial charge in [0.15, 0.2) is 0 Å². The van der Waals surface area contributed by atoms with Gasteiger partial charge in [-0.05, 0) is 18.8 Å². The second kappa shape index (κ2) is 5.65. The Hall–Kier alpha value is -0.870. The maximum absolute atomic E-state index is 5.66. The van der Waals surface area contributed by atoms with Crippen LogP contribution in [-0.4, -0.2) is 15.9 Å². The number of rotatable bonds is 5. The minimum atomic E-state index is 0.411.